The van der Waals surface area contributed by atoms with Crippen LogP contribution in [-0.2, 0) is 43.8 Å². The third kappa shape index (κ3) is 3.39. The summed E-state index contributed by atoms with van der Waals surface area (Å²) in [6.07, 6.45) is 0. The van der Waals surface area contributed by atoms with E-state index in [-0.39, 0.29) is 43.4 Å². The molecule has 0 aliphatic rings. The molecule has 3 nitrogen and oxygen atoms in total. The maximum absolute atomic E-state index is 10.9. The average molecular weight is 273 g/mol. The zero-order valence-electron chi connectivity index (χ0n) is 7.06. The van der Waals surface area contributed by atoms with Crippen molar-refractivity contribution in [2.45, 2.75) is 11.8 Å². The molecule has 1 atom stereocenters. The van der Waals surface area contributed by atoms with Gasteiger partial charge in [0, 0.05) is 38.3 Å². The van der Waals surface area contributed by atoms with Gasteiger partial charge in [-0.15, -0.1) is 0 Å². The summed E-state index contributed by atoms with van der Waals surface area (Å²) < 4.78 is 19.5. The summed E-state index contributed by atoms with van der Waals surface area (Å²) in [7, 11) is 0. The van der Waals surface area contributed by atoms with E-state index in [1.165, 1.54) is 19.1 Å². The summed E-state index contributed by atoms with van der Waals surface area (Å²) in [6, 6.07) is 6.28. The van der Waals surface area contributed by atoms with E-state index in [4.69, 9.17) is 4.55 Å². The monoisotopic (exact) mass is 273 g/mol. The summed E-state index contributed by atoms with van der Waals surface area (Å²) in [6.45, 7) is 1.37. The zero-order valence-corrected chi connectivity index (χ0v) is 10.7. The second-order valence-electron chi connectivity index (χ2n) is 2.30. The van der Waals surface area contributed by atoms with Crippen LogP contribution in [0.2, 0.25) is 0 Å². The van der Waals surface area contributed by atoms with Crippen LogP contribution in [0.5, 0.6) is 0 Å². The molecule has 0 aliphatic carbocycles. The number of carbonyl (C=O) groups is 1. The first-order valence-corrected chi connectivity index (χ1v) is 4.44. The summed E-state index contributed by atoms with van der Waals surface area (Å²) in [5, 5.41) is 0. The molecule has 0 heterocycles. The molecule has 0 fully saturated rings. The topological polar surface area (TPSA) is 54.4 Å². The van der Waals surface area contributed by atoms with Crippen LogP contribution in [-0.4, -0.2) is 14.5 Å². The minimum absolute atomic E-state index is 0. The van der Waals surface area contributed by atoms with Crippen LogP contribution in [0, 0.1) is 0 Å². The minimum Gasteiger partial charge on any atom is -0.302 e. The number of hydrogen-bond donors (Lipinski definition) is 1. The van der Waals surface area contributed by atoms with Gasteiger partial charge in [-0.05, 0) is 13.0 Å². The van der Waals surface area contributed by atoms with Crippen molar-refractivity contribution in [3.05, 3.63) is 29.8 Å². The molecule has 67 valence electrons. The van der Waals surface area contributed by atoms with Gasteiger partial charge in [-0.3, -0.25) is 4.79 Å². The second-order valence-corrected chi connectivity index (χ2v) is 3.24. The molecule has 1 unspecified atom stereocenters. The molecule has 1 rings (SSSR count). The summed E-state index contributed by atoms with van der Waals surface area (Å²) in [5.41, 5.74) is 0.304. The Bertz CT molecular complexity index is 305. The fourth-order valence-corrected chi connectivity index (χ4v) is 1.50. The molecule has 0 saturated heterocycles. The molecule has 13 heavy (non-hydrogen) atoms. The standard InChI is InChI=1S/C8H8O3S.Y/c1-6(9)7-4-2-3-5-8(7)12(10)11;/h2-5H,1H3,(H,10,11);. The number of ketones is 1. The van der Waals surface area contributed by atoms with Crippen molar-refractivity contribution in [2.24, 2.45) is 0 Å². The van der Waals surface area contributed by atoms with E-state index in [9.17, 15) is 9.00 Å². The molecular weight excluding hydrogens is 265 g/mol. The number of benzene rings is 1. The van der Waals surface area contributed by atoms with Crippen LogP contribution in [0.4, 0.5) is 0 Å². The first-order chi connectivity index (χ1) is 5.63. The van der Waals surface area contributed by atoms with E-state index >= 15 is 0 Å². The molecule has 1 aromatic rings. The Labute approximate surface area is 104 Å². The number of hydrogen-bond acceptors (Lipinski definition) is 2. The van der Waals surface area contributed by atoms with E-state index in [0.717, 1.165) is 0 Å². The van der Waals surface area contributed by atoms with E-state index in [1.54, 1.807) is 12.1 Å². The van der Waals surface area contributed by atoms with Crippen LogP contribution < -0.4 is 0 Å². The second kappa shape index (κ2) is 5.75. The van der Waals surface area contributed by atoms with Crippen molar-refractivity contribution in [3.63, 3.8) is 0 Å². The van der Waals surface area contributed by atoms with Gasteiger partial charge in [0.25, 0.3) is 0 Å². The molecular formula is C8H8O3SY. The van der Waals surface area contributed by atoms with Gasteiger partial charge in [-0.1, -0.05) is 18.2 Å². The van der Waals surface area contributed by atoms with Gasteiger partial charge in [0.1, 0.15) is 0 Å². The Hall–Kier alpha value is 0.104. The molecule has 0 amide bonds. The zero-order chi connectivity index (χ0) is 9.14. The average Bonchev–Trinajstić information content (AvgIpc) is 2.04. The Morgan fingerprint density at radius 3 is 2.31 bits per heavy atom. The van der Waals surface area contributed by atoms with Gasteiger partial charge in [0.05, 0.1) is 4.90 Å². The van der Waals surface area contributed by atoms with E-state index < -0.39 is 11.1 Å². The Balaban J connectivity index is 0.00000144. The van der Waals surface area contributed by atoms with Gasteiger partial charge >= 0.3 is 0 Å². The largest absolute Gasteiger partial charge is 0.302 e. The molecule has 0 saturated carbocycles. The predicted octanol–water partition coefficient (Wildman–Crippen LogP) is 1.47. The van der Waals surface area contributed by atoms with Crippen molar-refractivity contribution in [3.8, 4) is 0 Å². The van der Waals surface area contributed by atoms with Crippen LogP contribution >= 0.6 is 0 Å². The minimum atomic E-state index is -2.08. The first kappa shape index (κ1) is 13.1. The fourth-order valence-electron chi connectivity index (χ4n) is 0.910. The normalized spacial score (nSPS) is 11.5. The van der Waals surface area contributed by atoms with E-state index in [1.807, 2.05) is 0 Å². The summed E-state index contributed by atoms with van der Waals surface area (Å²) in [4.78, 5) is 11.1. The summed E-state index contributed by atoms with van der Waals surface area (Å²) in [5.74, 6) is -0.201. The van der Waals surface area contributed by atoms with E-state index in [0.29, 0.717) is 5.56 Å². The molecule has 0 bridgehead atoms. The van der Waals surface area contributed by atoms with Gasteiger partial charge < -0.3 is 4.55 Å². The number of carbonyl (C=O) groups excluding carboxylic acids is 1. The van der Waals surface area contributed by atoms with Crippen LogP contribution in [0.25, 0.3) is 0 Å². The predicted molar refractivity (Wildman–Crippen MR) is 45.5 cm³/mol. The Kier molecular flexibility index (Phi) is 5.80. The molecule has 1 radical (unpaired) electrons. The van der Waals surface area contributed by atoms with Gasteiger partial charge in [0.2, 0.25) is 0 Å². The van der Waals surface area contributed by atoms with Crippen LogP contribution in [0.3, 0.4) is 0 Å². The van der Waals surface area contributed by atoms with Gasteiger partial charge in [-0.25, -0.2) is 4.21 Å². The van der Waals surface area contributed by atoms with Crippen LogP contribution in [0.15, 0.2) is 29.2 Å². The quantitative estimate of drug-likeness (QED) is 0.655. The Morgan fingerprint density at radius 1 is 1.38 bits per heavy atom. The molecule has 5 heteroatoms. The number of rotatable bonds is 2. The number of Topliss-reactive ketones (excluding diaryl/α,β-unsaturated/α-hetero) is 1. The van der Waals surface area contributed by atoms with Crippen molar-refractivity contribution >= 4 is 16.9 Å². The van der Waals surface area contributed by atoms with Crippen molar-refractivity contribution in [1.29, 1.82) is 0 Å². The molecule has 0 spiro atoms. The maximum atomic E-state index is 10.9. The van der Waals surface area contributed by atoms with Gasteiger partial charge in [0.15, 0.2) is 16.9 Å². The molecule has 0 aliphatic heterocycles. The first-order valence-electron chi connectivity index (χ1n) is 3.33. The van der Waals surface area contributed by atoms with Crippen molar-refractivity contribution < 1.29 is 46.3 Å². The Morgan fingerprint density at radius 2 is 1.92 bits per heavy atom. The maximum Gasteiger partial charge on any atom is 0.187 e. The van der Waals surface area contributed by atoms with Crippen molar-refractivity contribution in [1.82, 2.24) is 0 Å². The van der Waals surface area contributed by atoms with Crippen LogP contribution in [0.1, 0.15) is 17.3 Å². The third-order valence-electron chi connectivity index (χ3n) is 1.45. The van der Waals surface area contributed by atoms with Gasteiger partial charge in [-0.2, -0.15) is 0 Å². The molecule has 0 aromatic heterocycles. The molecule has 1 N–H and O–H groups in total. The SMILES string of the molecule is CC(=O)c1ccccc1S(=O)O.[Y]. The third-order valence-corrected chi connectivity index (χ3v) is 2.19. The molecule has 1 aromatic carbocycles. The fraction of sp³-hybridized carbons (Fsp3) is 0.125. The summed E-state index contributed by atoms with van der Waals surface area (Å²) >= 11 is -2.08. The smallest absolute Gasteiger partial charge is 0.187 e. The van der Waals surface area contributed by atoms with E-state index in [2.05, 4.69) is 0 Å². The van der Waals surface area contributed by atoms with Crippen molar-refractivity contribution in [2.75, 3.05) is 0 Å².